The molecule has 0 atom stereocenters. The average Bonchev–Trinajstić information content (AvgIpc) is 2.48. The average molecular weight is 265 g/mol. The van der Waals surface area contributed by atoms with Crippen LogP contribution >= 0.6 is 0 Å². The lowest BCUT2D eigenvalue weighted by Crippen LogP contribution is -2.06. The predicted octanol–water partition coefficient (Wildman–Crippen LogP) is 4.18. The Morgan fingerprint density at radius 1 is 1.25 bits per heavy atom. The zero-order valence-electron chi connectivity index (χ0n) is 12.1. The van der Waals surface area contributed by atoms with Gasteiger partial charge in [0, 0.05) is 12.1 Å². The van der Waals surface area contributed by atoms with Crippen LogP contribution in [0.15, 0.2) is 36.4 Å². The minimum Gasteiger partial charge on any atom is -0.369 e. The molecule has 20 heavy (non-hydrogen) atoms. The smallest absolute Gasteiger partial charge is 0.144 e. The van der Waals surface area contributed by atoms with Gasteiger partial charge in [0.2, 0.25) is 0 Å². The van der Waals surface area contributed by atoms with Crippen molar-refractivity contribution >= 4 is 5.82 Å². The van der Waals surface area contributed by atoms with Crippen molar-refractivity contribution in [2.75, 3.05) is 11.9 Å². The molecule has 0 radical (unpaired) electrons. The molecule has 1 aromatic heterocycles. The van der Waals surface area contributed by atoms with E-state index in [2.05, 4.69) is 37.4 Å². The predicted molar refractivity (Wildman–Crippen MR) is 82.6 cm³/mol. The lowest BCUT2D eigenvalue weighted by molar-refractivity contribution is 0.860. The van der Waals surface area contributed by atoms with Gasteiger partial charge < -0.3 is 5.32 Å². The largest absolute Gasteiger partial charge is 0.369 e. The van der Waals surface area contributed by atoms with Crippen molar-refractivity contribution in [2.45, 2.75) is 26.7 Å². The Kier molecular flexibility index (Phi) is 4.37. The number of hydrogen-bond donors (Lipinski definition) is 1. The number of rotatable bonds is 4. The molecule has 0 aliphatic rings. The van der Waals surface area contributed by atoms with Crippen LogP contribution in [0.4, 0.5) is 5.82 Å². The standard InChI is InChI=1S/C17H19N3/c1-4-19-17-14(11-18)10-15(12(2)3)16(20-17)13-8-6-5-7-9-13/h5-10,12H,4H2,1-3H3,(H,19,20). The minimum atomic E-state index is 0.320. The zero-order chi connectivity index (χ0) is 14.5. The fourth-order valence-corrected chi connectivity index (χ4v) is 2.18. The number of nitrogens with zero attached hydrogens (tertiary/aromatic N) is 2. The molecule has 102 valence electrons. The van der Waals surface area contributed by atoms with Gasteiger partial charge in [-0.15, -0.1) is 0 Å². The lowest BCUT2D eigenvalue weighted by atomic mass is 9.95. The van der Waals surface area contributed by atoms with Crippen molar-refractivity contribution in [3.05, 3.63) is 47.5 Å². The van der Waals surface area contributed by atoms with Crippen molar-refractivity contribution in [3.8, 4) is 17.3 Å². The van der Waals surface area contributed by atoms with Crippen LogP contribution in [0.2, 0.25) is 0 Å². The second kappa shape index (κ2) is 6.21. The summed E-state index contributed by atoms with van der Waals surface area (Å²) < 4.78 is 0. The Morgan fingerprint density at radius 3 is 2.50 bits per heavy atom. The second-order valence-electron chi connectivity index (χ2n) is 4.99. The first-order valence-electron chi connectivity index (χ1n) is 6.91. The molecular formula is C17H19N3. The van der Waals surface area contributed by atoms with E-state index in [1.54, 1.807) is 0 Å². The summed E-state index contributed by atoms with van der Waals surface area (Å²) in [5, 5.41) is 12.5. The maximum absolute atomic E-state index is 9.28. The highest BCUT2D eigenvalue weighted by Gasteiger charge is 2.15. The highest BCUT2D eigenvalue weighted by atomic mass is 15.0. The molecular weight excluding hydrogens is 246 g/mol. The molecule has 3 nitrogen and oxygen atoms in total. The van der Waals surface area contributed by atoms with Crippen LogP contribution < -0.4 is 5.32 Å². The molecule has 2 aromatic rings. The third-order valence-corrected chi connectivity index (χ3v) is 3.19. The van der Waals surface area contributed by atoms with Crippen molar-refractivity contribution < 1.29 is 0 Å². The number of benzene rings is 1. The van der Waals surface area contributed by atoms with Crippen LogP contribution in [0.5, 0.6) is 0 Å². The summed E-state index contributed by atoms with van der Waals surface area (Å²) in [6.45, 7) is 6.99. The van der Waals surface area contributed by atoms with Gasteiger partial charge in [0.1, 0.15) is 11.9 Å². The van der Waals surface area contributed by atoms with Crippen LogP contribution in [0.25, 0.3) is 11.3 Å². The number of pyridine rings is 1. The maximum atomic E-state index is 9.28. The van der Waals surface area contributed by atoms with E-state index in [9.17, 15) is 5.26 Å². The summed E-state index contributed by atoms with van der Waals surface area (Å²) in [6, 6.07) is 14.3. The molecule has 1 N–H and O–H groups in total. The van der Waals surface area contributed by atoms with Gasteiger partial charge in [0.15, 0.2) is 0 Å². The Labute approximate surface area is 120 Å². The first-order chi connectivity index (χ1) is 9.67. The number of aromatic nitrogens is 1. The number of nitriles is 1. The highest BCUT2D eigenvalue weighted by molar-refractivity contribution is 5.69. The monoisotopic (exact) mass is 265 g/mol. The topological polar surface area (TPSA) is 48.7 Å². The normalized spacial score (nSPS) is 10.3. The third-order valence-electron chi connectivity index (χ3n) is 3.19. The fourth-order valence-electron chi connectivity index (χ4n) is 2.18. The van der Waals surface area contributed by atoms with Gasteiger partial charge in [-0.25, -0.2) is 4.98 Å². The minimum absolute atomic E-state index is 0.320. The van der Waals surface area contributed by atoms with Crippen molar-refractivity contribution in [2.24, 2.45) is 0 Å². The Hall–Kier alpha value is -2.34. The molecule has 3 heteroatoms. The number of hydrogen-bond acceptors (Lipinski definition) is 3. The van der Waals surface area contributed by atoms with Crippen LogP contribution in [-0.4, -0.2) is 11.5 Å². The molecule has 0 aliphatic heterocycles. The van der Waals surface area contributed by atoms with Crippen molar-refractivity contribution in [1.82, 2.24) is 4.98 Å². The summed E-state index contributed by atoms with van der Waals surface area (Å²) in [5.74, 6) is 0.985. The van der Waals surface area contributed by atoms with Gasteiger partial charge in [0.05, 0.1) is 11.3 Å². The van der Waals surface area contributed by atoms with Crippen LogP contribution in [-0.2, 0) is 0 Å². The van der Waals surface area contributed by atoms with Crippen LogP contribution in [0, 0.1) is 11.3 Å². The lowest BCUT2D eigenvalue weighted by Gasteiger charge is -2.15. The van der Waals surface area contributed by atoms with E-state index in [0.29, 0.717) is 17.3 Å². The van der Waals surface area contributed by atoms with Gasteiger partial charge in [-0.2, -0.15) is 5.26 Å². The molecule has 0 fully saturated rings. The van der Waals surface area contributed by atoms with Gasteiger partial charge in [-0.1, -0.05) is 44.2 Å². The van der Waals surface area contributed by atoms with Gasteiger partial charge in [-0.05, 0) is 24.5 Å². The van der Waals surface area contributed by atoms with E-state index in [4.69, 9.17) is 4.98 Å². The maximum Gasteiger partial charge on any atom is 0.144 e. The zero-order valence-corrected chi connectivity index (χ0v) is 12.1. The molecule has 0 aliphatic carbocycles. The van der Waals surface area contributed by atoms with Crippen LogP contribution in [0.3, 0.4) is 0 Å². The van der Waals surface area contributed by atoms with Gasteiger partial charge in [-0.3, -0.25) is 0 Å². The molecule has 0 amide bonds. The molecule has 0 spiro atoms. The van der Waals surface area contributed by atoms with E-state index >= 15 is 0 Å². The molecule has 0 saturated carbocycles. The summed E-state index contributed by atoms with van der Waals surface area (Å²) >= 11 is 0. The fraction of sp³-hybridized carbons (Fsp3) is 0.294. The molecule has 1 aromatic carbocycles. The number of anilines is 1. The molecule has 0 saturated heterocycles. The first kappa shape index (κ1) is 14.1. The van der Waals surface area contributed by atoms with E-state index < -0.39 is 0 Å². The number of nitrogens with one attached hydrogen (secondary N) is 1. The third kappa shape index (κ3) is 2.80. The Bertz CT molecular complexity index is 625. The van der Waals surface area contributed by atoms with Gasteiger partial charge >= 0.3 is 0 Å². The summed E-state index contributed by atoms with van der Waals surface area (Å²) in [7, 11) is 0. The van der Waals surface area contributed by atoms with E-state index in [-0.39, 0.29) is 0 Å². The van der Waals surface area contributed by atoms with E-state index in [0.717, 1.165) is 23.4 Å². The molecule has 2 rings (SSSR count). The summed E-state index contributed by atoms with van der Waals surface area (Å²) in [5.41, 5.74) is 3.75. The molecule has 0 bridgehead atoms. The molecule has 1 heterocycles. The van der Waals surface area contributed by atoms with E-state index in [1.807, 2.05) is 31.2 Å². The van der Waals surface area contributed by atoms with Crippen LogP contribution in [0.1, 0.15) is 37.8 Å². The van der Waals surface area contributed by atoms with Crippen molar-refractivity contribution in [3.63, 3.8) is 0 Å². The first-order valence-corrected chi connectivity index (χ1v) is 6.91. The van der Waals surface area contributed by atoms with Gasteiger partial charge in [0.25, 0.3) is 0 Å². The Balaban J connectivity index is 2.65. The quantitative estimate of drug-likeness (QED) is 0.902. The van der Waals surface area contributed by atoms with Crippen molar-refractivity contribution in [1.29, 1.82) is 5.26 Å². The second-order valence-corrected chi connectivity index (χ2v) is 4.99. The summed E-state index contributed by atoms with van der Waals surface area (Å²) in [4.78, 5) is 4.69. The van der Waals surface area contributed by atoms with E-state index in [1.165, 1.54) is 0 Å². The SMILES string of the molecule is CCNc1nc(-c2ccccc2)c(C(C)C)cc1C#N. The Morgan fingerprint density at radius 2 is 1.95 bits per heavy atom. The molecule has 0 unspecified atom stereocenters. The summed E-state index contributed by atoms with van der Waals surface area (Å²) in [6.07, 6.45) is 0. The highest BCUT2D eigenvalue weighted by Crippen LogP contribution is 2.30.